The number of aromatic nitrogens is 2. The summed E-state index contributed by atoms with van der Waals surface area (Å²) < 4.78 is 83.4. The third-order valence-corrected chi connectivity index (χ3v) is 9.37. The van der Waals surface area contributed by atoms with Crippen LogP contribution in [-0.2, 0) is 28.7 Å². The van der Waals surface area contributed by atoms with E-state index in [9.17, 15) is 22.4 Å². The van der Waals surface area contributed by atoms with Crippen LogP contribution >= 0.6 is 0 Å². The number of fused-ring (bicyclic) bond motifs is 2. The van der Waals surface area contributed by atoms with Gasteiger partial charge in [0.25, 0.3) is 5.91 Å². The first-order chi connectivity index (χ1) is 20.9. The molecule has 3 fully saturated rings. The predicted molar refractivity (Wildman–Crippen MR) is 151 cm³/mol. The van der Waals surface area contributed by atoms with Gasteiger partial charge in [-0.1, -0.05) is 6.58 Å². The minimum atomic E-state index is -4.83. The number of hydrogen-bond donors (Lipinski definition) is 1. The number of nitrogen functional groups attached to an aromatic ring is 1. The van der Waals surface area contributed by atoms with Crippen molar-refractivity contribution >= 4 is 17.4 Å². The number of amides is 1. The smallest absolute Gasteiger partial charge is 0.417 e. The molecular weight excluding hydrogens is 587 g/mol. The molecule has 44 heavy (non-hydrogen) atoms. The van der Waals surface area contributed by atoms with Crippen molar-refractivity contribution in [2.24, 2.45) is 0 Å². The molecule has 1 atom stereocenters. The molecule has 1 amide bonds. The third kappa shape index (κ3) is 5.46. The van der Waals surface area contributed by atoms with Crippen molar-refractivity contribution in [3.05, 3.63) is 52.2 Å². The second-order valence-electron chi connectivity index (χ2n) is 12.0. The lowest BCUT2D eigenvalue weighted by Gasteiger charge is -2.37. The number of aryl methyl sites for hydroxylation is 1. The Morgan fingerprint density at radius 1 is 1.16 bits per heavy atom. The van der Waals surface area contributed by atoms with Gasteiger partial charge in [-0.05, 0) is 57.3 Å². The fourth-order valence-electron chi connectivity index (χ4n) is 7.22. The van der Waals surface area contributed by atoms with Gasteiger partial charge in [0, 0.05) is 43.7 Å². The Kier molecular flexibility index (Phi) is 7.93. The number of halogens is 5. The molecule has 2 aromatic rings. The molecular formula is C30H35F5N6O3. The maximum Gasteiger partial charge on any atom is 0.417 e. The number of hydrogen-bond acceptors (Lipinski definition) is 8. The van der Waals surface area contributed by atoms with E-state index in [1.54, 1.807) is 0 Å². The summed E-state index contributed by atoms with van der Waals surface area (Å²) in [4.78, 5) is 27.1. The molecule has 1 aromatic heterocycles. The number of rotatable bonds is 6. The topological polar surface area (TPSA) is 97.0 Å². The Morgan fingerprint density at radius 3 is 2.48 bits per heavy atom. The second kappa shape index (κ2) is 11.4. The van der Waals surface area contributed by atoms with Gasteiger partial charge in [-0.25, -0.2) is 8.78 Å². The van der Waals surface area contributed by atoms with E-state index in [0.29, 0.717) is 36.8 Å². The molecule has 9 nitrogen and oxygen atoms in total. The standard InChI is InChI=1S/C30H35F5N6O3/c1-17-13-20(36)25(32)23(24(17)30(33,34)35)22-14-21-19(15-43-22)26(39-9-11-40(12-10-39)27(42)18(2)31)38-28(37-21)44-16-29-5-3-7-41(29)8-4-6-29/h13,22H,2-12,14-16,36H2,1H3. The molecule has 0 bridgehead atoms. The minimum Gasteiger partial charge on any atom is -0.461 e. The molecule has 4 aliphatic heterocycles. The maximum absolute atomic E-state index is 15.3. The van der Waals surface area contributed by atoms with Crippen molar-refractivity contribution in [2.75, 3.05) is 56.5 Å². The van der Waals surface area contributed by atoms with Crippen molar-refractivity contribution in [1.29, 1.82) is 0 Å². The lowest BCUT2D eigenvalue weighted by molar-refractivity contribution is -0.140. The maximum atomic E-state index is 15.3. The number of alkyl halides is 3. The van der Waals surface area contributed by atoms with E-state index >= 15 is 4.39 Å². The molecule has 0 aliphatic carbocycles. The van der Waals surface area contributed by atoms with Crippen LogP contribution in [0.2, 0.25) is 0 Å². The van der Waals surface area contributed by atoms with Crippen LogP contribution in [0.3, 0.4) is 0 Å². The summed E-state index contributed by atoms with van der Waals surface area (Å²) >= 11 is 0. The Labute approximate surface area is 251 Å². The molecule has 1 unspecified atom stereocenters. The SMILES string of the molecule is C=C(F)C(=O)N1CCN(c2nc(OCC34CCCN3CCC4)nc3c2COC(c2c(F)c(N)cc(C)c2C(F)(F)F)C3)CC1. The molecule has 3 saturated heterocycles. The van der Waals surface area contributed by atoms with Gasteiger partial charge in [0.05, 0.1) is 35.2 Å². The van der Waals surface area contributed by atoms with Gasteiger partial charge in [-0.15, -0.1) is 0 Å². The highest BCUT2D eigenvalue weighted by Gasteiger charge is 2.45. The molecule has 1 aromatic carbocycles. The van der Waals surface area contributed by atoms with Crippen LogP contribution in [-0.4, -0.2) is 77.1 Å². The van der Waals surface area contributed by atoms with E-state index in [0.717, 1.165) is 44.8 Å². The third-order valence-electron chi connectivity index (χ3n) is 9.37. The molecule has 4 aliphatic rings. The van der Waals surface area contributed by atoms with Crippen LogP contribution in [0, 0.1) is 12.7 Å². The number of carbonyl (C=O) groups is 1. The van der Waals surface area contributed by atoms with Crippen molar-refractivity contribution in [3.63, 3.8) is 0 Å². The van der Waals surface area contributed by atoms with Gasteiger partial charge in [-0.3, -0.25) is 9.69 Å². The Bertz CT molecular complexity index is 1470. The van der Waals surface area contributed by atoms with E-state index in [1.165, 1.54) is 11.8 Å². The highest BCUT2D eigenvalue weighted by molar-refractivity contribution is 5.90. The van der Waals surface area contributed by atoms with Gasteiger partial charge in [0.2, 0.25) is 0 Å². The first-order valence-corrected chi connectivity index (χ1v) is 14.8. The number of piperazine rings is 1. The molecule has 238 valence electrons. The molecule has 2 N–H and O–H groups in total. The predicted octanol–water partition coefficient (Wildman–Crippen LogP) is 4.48. The minimum absolute atomic E-state index is 0.0726. The van der Waals surface area contributed by atoms with E-state index in [1.807, 2.05) is 4.90 Å². The Hall–Kier alpha value is -3.52. The largest absolute Gasteiger partial charge is 0.461 e. The second-order valence-corrected chi connectivity index (χ2v) is 12.0. The van der Waals surface area contributed by atoms with Gasteiger partial charge in [-0.2, -0.15) is 23.1 Å². The summed E-state index contributed by atoms with van der Waals surface area (Å²) in [6, 6.07) is 1.05. The number of nitrogens with two attached hydrogens (primary N) is 1. The van der Waals surface area contributed by atoms with E-state index in [4.69, 9.17) is 20.2 Å². The zero-order valence-electron chi connectivity index (χ0n) is 24.5. The lowest BCUT2D eigenvalue weighted by Crippen LogP contribution is -2.49. The van der Waals surface area contributed by atoms with Gasteiger partial charge in [0.15, 0.2) is 11.6 Å². The molecule has 14 heteroatoms. The summed E-state index contributed by atoms with van der Waals surface area (Å²) in [6.07, 6.45) is -2.18. The first kappa shape index (κ1) is 30.5. The zero-order valence-corrected chi connectivity index (χ0v) is 24.5. The monoisotopic (exact) mass is 622 g/mol. The van der Waals surface area contributed by atoms with Gasteiger partial charge < -0.3 is 25.0 Å². The van der Waals surface area contributed by atoms with Crippen molar-refractivity contribution in [1.82, 2.24) is 19.8 Å². The number of carbonyl (C=O) groups excluding carboxylic acids is 1. The average Bonchev–Trinajstić information content (AvgIpc) is 3.57. The van der Waals surface area contributed by atoms with Gasteiger partial charge in [0.1, 0.15) is 12.4 Å². The van der Waals surface area contributed by atoms with Crippen LogP contribution in [0.4, 0.5) is 33.5 Å². The van der Waals surface area contributed by atoms with Crippen molar-refractivity contribution in [3.8, 4) is 6.01 Å². The van der Waals surface area contributed by atoms with Crippen LogP contribution < -0.4 is 15.4 Å². The summed E-state index contributed by atoms with van der Waals surface area (Å²) in [5.74, 6) is -2.52. The fourth-order valence-corrected chi connectivity index (χ4v) is 7.22. The molecule has 0 spiro atoms. The lowest BCUT2D eigenvalue weighted by atomic mass is 9.91. The normalized spacial score (nSPS) is 21.7. The van der Waals surface area contributed by atoms with E-state index in [-0.39, 0.29) is 43.2 Å². The first-order valence-electron chi connectivity index (χ1n) is 14.8. The zero-order chi connectivity index (χ0) is 31.4. The number of ether oxygens (including phenoxy) is 2. The molecule has 0 radical (unpaired) electrons. The number of anilines is 2. The highest BCUT2D eigenvalue weighted by atomic mass is 19.4. The van der Waals surface area contributed by atoms with Gasteiger partial charge >= 0.3 is 12.2 Å². The Balaban J connectivity index is 1.34. The van der Waals surface area contributed by atoms with Crippen LogP contribution in [0.25, 0.3) is 0 Å². The quantitative estimate of drug-likeness (QED) is 0.286. The number of benzene rings is 1. The number of nitrogens with zero attached hydrogens (tertiary/aromatic N) is 5. The molecule has 5 heterocycles. The summed E-state index contributed by atoms with van der Waals surface area (Å²) in [5.41, 5.74) is 4.24. The molecule has 0 saturated carbocycles. The fraction of sp³-hybridized carbons (Fsp3) is 0.567. The Morgan fingerprint density at radius 2 is 1.84 bits per heavy atom. The average molecular weight is 623 g/mol. The van der Waals surface area contributed by atoms with Crippen LogP contribution in [0.5, 0.6) is 6.01 Å². The summed E-state index contributed by atoms with van der Waals surface area (Å²) in [5, 5.41) is 0. The summed E-state index contributed by atoms with van der Waals surface area (Å²) in [6.45, 7) is 7.55. The van der Waals surface area contributed by atoms with Crippen molar-refractivity contribution in [2.45, 2.75) is 63.5 Å². The van der Waals surface area contributed by atoms with Crippen LogP contribution in [0.15, 0.2) is 18.5 Å². The highest BCUT2D eigenvalue weighted by Crippen LogP contribution is 2.45. The van der Waals surface area contributed by atoms with Crippen molar-refractivity contribution < 1.29 is 36.2 Å². The summed E-state index contributed by atoms with van der Waals surface area (Å²) in [7, 11) is 0. The van der Waals surface area contributed by atoms with E-state index < -0.39 is 46.6 Å². The van der Waals surface area contributed by atoms with Crippen LogP contribution in [0.1, 0.15) is 59.7 Å². The van der Waals surface area contributed by atoms with E-state index in [2.05, 4.69) is 16.5 Å². The molecule has 6 rings (SSSR count).